The molecule has 4 nitrogen and oxygen atoms in total. The Morgan fingerprint density at radius 1 is 1.46 bits per heavy atom. The van der Waals surface area contributed by atoms with Crippen LogP contribution < -0.4 is 16.0 Å². The van der Waals surface area contributed by atoms with Gasteiger partial charge in [0.05, 0.1) is 12.8 Å². The first-order valence-electron chi connectivity index (χ1n) is 3.97. The first-order valence-corrected chi connectivity index (χ1v) is 3.97. The number of nitrogens with two attached hydrogens (primary N) is 1. The van der Waals surface area contributed by atoms with Gasteiger partial charge < -0.3 is 4.74 Å². The minimum Gasteiger partial charge on any atom is -0.497 e. The van der Waals surface area contributed by atoms with Crippen molar-refractivity contribution in [1.29, 1.82) is 0 Å². The predicted molar refractivity (Wildman–Crippen MR) is 53.3 cm³/mol. The van der Waals surface area contributed by atoms with Gasteiger partial charge in [-0.2, -0.15) is 0 Å². The lowest BCUT2D eigenvalue weighted by molar-refractivity contribution is 0.415. The predicted octanol–water partition coefficient (Wildman–Crippen LogP) is 0.861. The van der Waals surface area contributed by atoms with Crippen molar-refractivity contribution in [3.05, 3.63) is 24.3 Å². The summed E-state index contributed by atoms with van der Waals surface area (Å²) in [5.41, 5.74) is 3.37. The molecule has 0 bridgehead atoms. The Morgan fingerprint density at radius 3 is 2.69 bits per heavy atom. The largest absolute Gasteiger partial charge is 0.497 e. The van der Waals surface area contributed by atoms with Gasteiger partial charge in [-0.1, -0.05) is 0 Å². The molecular formula is C9H13N3O. The molecule has 0 aliphatic carbocycles. The van der Waals surface area contributed by atoms with Crippen molar-refractivity contribution in [2.75, 3.05) is 13.7 Å². The van der Waals surface area contributed by atoms with Gasteiger partial charge in [-0.3, -0.25) is 16.3 Å². The lowest BCUT2D eigenvalue weighted by Gasteiger charge is -1.98. The molecule has 1 aromatic rings. The third-order valence-corrected chi connectivity index (χ3v) is 1.52. The van der Waals surface area contributed by atoms with Gasteiger partial charge in [-0.25, -0.2) is 0 Å². The molecule has 0 saturated heterocycles. The average Bonchev–Trinajstić information content (AvgIpc) is 2.19. The summed E-state index contributed by atoms with van der Waals surface area (Å²) in [5, 5.41) is 0. The summed E-state index contributed by atoms with van der Waals surface area (Å²) >= 11 is 0. The van der Waals surface area contributed by atoms with E-state index in [2.05, 4.69) is 10.4 Å². The fourth-order valence-corrected chi connectivity index (χ4v) is 0.872. The number of methoxy groups -OCH3 is 1. The number of hydrogen-bond acceptors (Lipinski definition) is 4. The van der Waals surface area contributed by atoms with Crippen LogP contribution in [0.4, 0.5) is 5.69 Å². The smallest absolute Gasteiger partial charge is 0.119 e. The Bertz CT molecular complexity index is 269. The zero-order chi connectivity index (χ0) is 9.52. The topological polar surface area (TPSA) is 59.6 Å². The molecule has 0 radical (unpaired) electrons. The van der Waals surface area contributed by atoms with Crippen molar-refractivity contribution in [1.82, 2.24) is 5.43 Å². The van der Waals surface area contributed by atoms with E-state index in [1.54, 1.807) is 13.3 Å². The van der Waals surface area contributed by atoms with Crippen molar-refractivity contribution >= 4 is 11.9 Å². The average molecular weight is 179 g/mol. The zero-order valence-electron chi connectivity index (χ0n) is 7.53. The van der Waals surface area contributed by atoms with Crippen LogP contribution in [0.15, 0.2) is 29.3 Å². The van der Waals surface area contributed by atoms with Crippen LogP contribution in [0.2, 0.25) is 0 Å². The maximum atomic E-state index is 5.08. The fourth-order valence-electron chi connectivity index (χ4n) is 0.872. The van der Waals surface area contributed by atoms with Crippen molar-refractivity contribution in [2.24, 2.45) is 10.8 Å². The summed E-state index contributed by atoms with van der Waals surface area (Å²) in [5.74, 6) is 5.91. The summed E-state index contributed by atoms with van der Waals surface area (Å²) in [7, 11) is 1.64. The monoisotopic (exact) mass is 179 g/mol. The number of nitrogens with one attached hydrogen (secondary N) is 1. The number of nitrogens with zero attached hydrogens (tertiary/aromatic N) is 1. The molecule has 70 valence electrons. The second kappa shape index (κ2) is 5.29. The number of aliphatic imine (C=N–C) groups is 1. The van der Waals surface area contributed by atoms with Gasteiger partial charge in [0.15, 0.2) is 0 Å². The Morgan fingerprint density at radius 2 is 2.15 bits per heavy atom. The van der Waals surface area contributed by atoms with E-state index >= 15 is 0 Å². The van der Waals surface area contributed by atoms with E-state index < -0.39 is 0 Å². The Hall–Kier alpha value is -1.39. The van der Waals surface area contributed by atoms with Crippen LogP contribution in [0, 0.1) is 0 Å². The molecule has 1 aromatic carbocycles. The lowest BCUT2D eigenvalue weighted by Crippen LogP contribution is -2.23. The second-order valence-corrected chi connectivity index (χ2v) is 2.42. The molecule has 0 atom stereocenters. The third-order valence-electron chi connectivity index (χ3n) is 1.52. The highest BCUT2D eigenvalue weighted by atomic mass is 16.5. The van der Waals surface area contributed by atoms with Gasteiger partial charge >= 0.3 is 0 Å². The van der Waals surface area contributed by atoms with Crippen LogP contribution in [0.25, 0.3) is 0 Å². The number of benzene rings is 1. The van der Waals surface area contributed by atoms with E-state index in [0.717, 1.165) is 11.4 Å². The molecule has 0 saturated carbocycles. The molecule has 0 aromatic heterocycles. The summed E-state index contributed by atoms with van der Waals surface area (Å²) in [4.78, 5) is 4.15. The van der Waals surface area contributed by atoms with Gasteiger partial charge in [0.1, 0.15) is 5.75 Å². The SMILES string of the molecule is COc1ccc(N=CCNN)cc1. The maximum Gasteiger partial charge on any atom is 0.119 e. The normalized spacial score (nSPS) is 10.6. The molecule has 0 aliphatic rings. The van der Waals surface area contributed by atoms with Gasteiger partial charge in [0.2, 0.25) is 0 Å². The highest BCUT2D eigenvalue weighted by Crippen LogP contribution is 2.16. The van der Waals surface area contributed by atoms with Crippen LogP contribution in [-0.4, -0.2) is 19.9 Å². The first kappa shape index (κ1) is 9.70. The van der Waals surface area contributed by atoms with Crippen LogP contribution in [-0.2, 0) is 0 Å². The van der Waals surface area contributed by atoms with Crippen molar-refractivity contribution in [2.45, 2.75) is 0 Å². The Balaban J connectivity index is 2.58. The number of rotatable bonds is 4. The van der Waals surface area contributed by atoms with Gasteiger partial charge in [0.25, 0.3) is 0 Å². The summed E-state index contributed by atoms with van der Waals surface area (Å²) in [6, 6.07) is 7.49. The molecule has 13 heavy (non-hydrogen) atoms. The highest BCUT2D eigenvalue weighted by Gasteiger charge is 1.89. The van der Waals surface area contributed by atoms with E-state index in [-0.39, 0.29) is 0 Å². The molecule has 0 fully saturated rings. The molecule has 0 unspecified atom stereocenters. The maximum absolute atomic E-state index is 5.08. The standard InChI is InChI=1S/C9H13N3O/c1-13-9-4-2-8(3-5-9)11-6-7-12-10/h2-6,12H,7,10H2,1H3. The van der Waals surface area contributed by atoms with Crippen LogP contribution in [0.3, 0.4) is 0 Å². The lowest BCUT2D eigenvalue weighted by atomic mass is 10.3. The minimum absolute atomic E-state index is 0.562. The Labute approximate surface area is 77.4 Å². The number of ether oxygens (including phenoxy) is 1. The molecule has 3 N–H and O–H groups in total. The van der Waals surface area contributed by atoms with Gasteiger partial charge in [0, 0.05) is 12.8 Å². The van der Waals surface area contributed by atoms with Crippen LogP contribution >= 0.6 is 0 Å². The molecular weight excluding hydrogens is 166 g/mol. The van der Waals surface area contributed by atoms with E-state index in [1.807, 2.05) is 24.3 Å². The molecule has 0 aliphatic heterocycles. The van der Waals surface area contributed by atoms with E-state index in [4.69, 9.17) is 10.6 Å². The molecule has 0 spiro atoms. The third kappa shape index (κ3) is 3.23. The molecule has 4 heteroatoms. The van der Waals surface area contributed by atoms with E-state index in [0.29, 0.717) is 6.54 Å². The minimum atomic E-state index is 0.562. The Kier molecular flexibility index (Phi) is 3.95. The summed E-state index contributed by atoms with van der Waals surface area (Å²) in [6.45, 7) is 0.562. The van der Waals surface area contributed by atoms with Crippen LogP contribution in [0.1, 0.15) is 0 Å². The first-order chi connectivity index (χ1) is 6.36. The second-order valence-electron chi connectivity index (χ2n) is 2.42. The highest BCUT2D eigenvalue weighted by molar-refractivity contribution is 5.65. The quantitative estimate of drug-likeness (QED) is 0.409. The van der Waals surface area contributed by atoms with Crippen molar-refractivity contribution < 1.29 is 4.74 Å². The number of hydrogen-bond donors (Lipinski definition) is 2. The fraction of sp³-hybridized carbons (Fsp3) is 0.222. The summed E-state index contributed by atoms with van der Waals surface area (Å²) in [6.07, 6.45) is 1.71. The van der Waals surface area contributed by atoms with Gasteiger partial charge in [-0.05, 0) is 24.3 Å². The molecule has 0 amide bonds. The molecule has 1 rings (SSSR count). The van der Waals surface area contributed by atoms with E-state index in [9.17, 15) is 0 Å². The van der Waals surface area contributed by atoms with Crippen molar-refractivity contribution in [3.63, 3.8) is 0 Å². The van der Waals surface area contributed by atoms with Gasteiger partial charge in [-0.15, -0.1) is 0 Å². The molecule has 0 heterocycles. The summed E-state index contributed by atoms with van der Waals surface area (Å²) < 4.78 is 5.01. The zero-order valence-corrected chi connectivity index (χ0v) is 7.53. The van der Waals surface area contributed by atoms with Crippen molar-refractivity contribution in [3.8, 4) is 5.75 Å². The number of hydrazine groups is 1. The van der Waals surface area contributed by atoms with Crippen LogP contribution in [0.5, 0.6) is 5.75 Å². The van der Waals surface area contributed by atoms with E-state index in [1.165, 1.54) is 0 Å².